The van der Waals surface area contributed by atoms with Gasteiger partial charge in [-0.05, 0) is 70.7 Å². The number of benzene rings is 1. The van der Waals surface area contributed by atoms with Crippen LogP contribution in [0.25, 0.3) is 0 Å². The number of phenolic OH excluding ortho intramolecular Hbond substituents is 1. The van der Waals surface area contributed by atoms with E-state index in [1.165, 1.54) is 5.56 Å². The van der Waals surface area contributed by atoms with Gasteiger partial charge in [0.2, 0.25) is 0 Å². The maximum absolute atomic E-state index is 12.6. The molecular formula is C23H30N2O6. The summed E-state index contributed by atoms with van der Waals surface area (Å²) in [5.41, 5.74) is 2.10. The predicted molar refractivity (Wildman–Crippen MR) is 111 cm³/mol. The van der Waals surface area contributed by atoms with Crippen LogP contribution in [0.3, 0.4) is 0 Å². The van der Waals surface area contributed by atoms with Gasteiger partial charge in [0.05, 0.1) is 6.61 Å². The molecule has 1 saturated carbocycles. The van der Waals surface area contributed by atoms with Crippen LogP contribution >= 0.6 is 0 Å². The molecule has 1 unspecified atom stereocenters. The summed E-state index contributed by atoms with van der Waals surface area (Å²) >= 11 is 0. The molecule has 2 bridgehead atoms. The van der Waals surface area contributed by atoms with Crippen molar-refractivity contribution in [3.63, 3.8) is 0 Å². The SMILES string of the molecule is CCOC(=O)C(C)NC(=O)O[C@H]1CC[C@H]2[C@H]3Cc4ccc(O)c5c4[C@@]2(CCN3C)[C@H]1O5. The molecule has 1 saturated heterocycles. The molecule has 168 valence electrons. The molecule has 2 fully saturated rings. The van der Waals surface area contributed by atoms with Crippen molar-refractivity contribution in [2.75, 3.05) is 20.2 Å². The Labute approximate surface area is 181 Å². The first-order valence-corrected chi connectivity index (χ1v) is 11.2. The fraction of sp³-hybridized carbons (Fsp3) is 0.652. The van der Waals surface area contributed by atoms with Gasteiger partial charge in [-0.15, -0.1) is 0 Å². The van der Waals surface area contributed by atoms with Crippen molar-refractivity contribution in [2.45, 2.75) is 69.2 Å². The van der Waals surface area contributed by atoms with E-state index in [4.69, 9.17) is 14.2 Å². The van der Waals surface area contributed by atoms with Crippen LogP contribution in [0.4, 0.5) is 4.79 Å². The third-order valence-corrected chi connectivity index (χ3v) is 7.77. The van der Waals surface area contributed by atoms with E-state index in [1.54, 1.807) is 19.9 Å². The monoisotopic (exact) mass is 430 g/mol. The summed E-state index contributed by atoms with van der Waals surface area (Å²) in [6.45, 7) is 4.48. The minimum atomic E-state index is -0.790. The fourth-order valence-corrected chi connectivity index (χ4v) is 6.48. The molecule has 4 aliphatic rings. The van der Waals surface area contributed by atoms with Crippen LogP contribution in [-0.4, -0.2) is 66.6 Å². The predicted octanol–water partition coefficient (Wildman–Crippen LogP) is 2.11. The van der Waals surface area contributed by atoms with Crippen LogP contribution in [0.1, 0.15) is 44.2 Å². The molecule has 0 aromatic heterocycles. The second-order valence-corrected chi connectivity index (χ2v) is 9.27. The molecule has 2 N–H and O–H groups in total. The number of carbonyl (C=O) groups is 2. The van der Waals surface area contributed by atoms with Gasteiger partial charge >= 0.3 is 12.1 Å². The number of alkyl carbamates (subject to hydrolysis) is 1. The zero-order chi connectivity index (χ0) is 21.9. The number of likely N-dealkylation sites (tertiary alicyclic amines) is 1. The van der Waals surface area contributed by atoms with Crippen LogP contribution in [0.5, 0.6) is 11.5 Å². The average molecular weight is 431 g/mol. The number of nitrogens with one attached hydrogen (secondary N) is 1. The Morgan fingerprint density at radius 2 is 2.19 bits per heavy atom. The molecule has 8 heteroatoms. The minimum Gasteiger partial charge on any atom is -0.504 e. The Kier molecular flexibility index (Phi) is 4.80. The van der Waals surface area contributed by atoms with E-state index in [2.05, 4.69) is 17.3 Å². The molecule has 1 aromatic carbocycles. The minimum absolute atomic E-state index is 0.151. The summed E-state index contributed by atoms with van der Waals surface area (Å²) in [4.78, 5) is 26.9. The molecule has 1 aromatic rings. The number of hydrogen-bond donors (Lipinski definition) is 2. The van der Waals surface area contributed by atoms with Crippen LogP contribution in [0, 0.1) is 5.92 Å². The van der Waals surface area contributed by atoms with Crippen molar-refractivity contribution in [3.05, 3.63) is 23.3 Å². The van der Waals surface area contributed by atoms with Crippen LogP contribution < -0.4 is 10.1 Å². The van der Waals surface area contributed by atoms with Crippen molar-refractivity contribution < 1.29 is 28.9 Å². The maximum Gasteiger partial charge on any atom is 0.408 e. The number of esters is 1. The third kappa shape index (κ3) is 2.91. The molecule has 1 spiro atoms. The number of carbonyl (C=O) groups excluding carboxylic acids is 2. The van der Waals surface area contributed by atoms with Crippen molar-refractivity contribution in [2.24, 2.45) is 5.92 Å². The van der Waals surface area contributed by atoms with Crippen molar-refractivity contribution in [3.8, 4) is 11.5 Å². The Morgan fingerprint density at radius 1 is 1.39 bits per heavy atom. The summed E-state index contributed by atoms with van der Waals surface area (Å²) < 4.78 is 17.2. The summed E-state index contributed by atoms with van der Waals surface area (Å²) in [6.07, 6.45) is 2.02. The summed E-state index contributed by atoms with van der Waals surface area (Å²) in [5.74, 6) is 0.614. The van der Waals surface area contributed by atoms with E-state index in [0.717, 1.165) is 31.4 Å². The number of hydrogen-bond acceptors (Lipinski definition) is 7. The number of nitrogens with zero attached hydrogens (tertiary/aromatic N) is 1. The molecule has 6 atom stereocenters. The van der Waals surface area contributed by atoms with E-state index in [-0.39, 0.29) is 23.9 Å². The van der Waals surface area contributed by atoms with E-state index in [1.807, 2.05) is 6.07 Å². The molecule has 2 aliphatic carbocycles. The molecule has 31 heavy (non-hydrogen) atoms. The highest BCUT2D eigenvalue weighted by molar-refractivity contribution is 5.81. The lowest BCUT2D eigenvalue weighted by atomic mass is 9.51. The lowest BCUT2D eigenvalue weighted by Crippen LogP contribution is -2.66. The summed E-state index contributed by atoms with van der Waals surface area (Å²) in [6, 6.07) is 3.35. The van der Waals surface area contributed by atoms with Crippen LogP contribution in [0.2, 0.25) is 0 Å². The molecule has 5 rings (SSSR count). The van der Waals surface area contributed by atoms with Crippen molar-refractivity contribution >= 4 is 12.1 Å². The Morgan fingerprint density at radius 3 is 2.97 bits per heavy atom. The van der Waals surface area contributed by atoms with Gasteiger partial charge in [0.1, 0.15) is 18.2 Å². The summed E-state index contributed by atoms with van der Waals surface area (Å²) in [7, 11) is 2.18. The second-order valence-electron chi connectivity index (χ2n) is 9.27. The largest absolute Gasteiger partial charge is 0.504 e. The fourth-order valence-electron chi connectivity index (χ4n) is 6.48. The van der Waals surface area contributed by atoms with Crippen molar-refractivity contribution in [1.82, 2.24) is 10.2 Å². The zero-order valence-electron chi connectivity index (χ0n) is 18.2. The normalized spacial score (nSPS) is 33.6. The average Bonchev–Trinajstić information content (AvgIpc) is 3.09. The topological polar surface area (TPSA) is 97.3 Å². The number of amides is 1. The Hall–Kier alpha value is -2.48. The lowest BCUT2D eigenvalue weighted by Gasteiger charge is -2.58. The van der Waals surface area contributed by atoms with Crippen LogP contribution in [0.15, 0.2) is 12.1 Å². The summed E-state index contributed by atoms with van der Waals surface area (Å²) in [5, 5.41) is 13.1. The van der Waals surface area contributed by atoms with Gasteiger partial charge in [-0.2, -0.15) is 0 Å². The first kappa shape index (κ1) is 20.4. The highest BCUT2D eigenvalue weighted by atomic mass is 16.6. The van der Waals surface area contributed by atoms with E-state index < -0.39 is 24.2 Å². The van der Waals surface area contributed by atoms with Gasteiger partial charge in [0, 0.05) is 17.0 Å². The number of piperidine rings is 1. The standard InChI is InChI=1S/C23H30N2O6/c1-4-29-21(27)12(2)24-22(28)30-17-8-6-14-15-11-13-5-7-16(26)19-18(13)23(14,20(17)31-19)9-10-25(15)3/h5,7,12,14-15,17,20,26H,4,6,8-11H2,1-3H3,(H,24,28)/t12?,14-,15+,17-,20-,23-/m0/s1. The van der Waals surface area contributed by atoms with Gasteiger partial charge in [-0.25, -0.2) is 9.59 Å². The number of ether oxygens (including phenoxy) is 3. The number of likely N-dealkylation sites (N-methyl/N-ethyl adjacent to an activating group) is 1. The first-order valence-electron chi connectivity index (χ1n) is 11.2. The Balaban J connectivity index is 1.43. The van der Waals surface area contributed by atoms with E-state index in [9.17, 15) is 14.7 Å². The van der Waals surface area contributed by atoms with Gasteiger partial charge in [-0.1, -0.05) is 6.07 Å². The number of aromatic hydroxyl groups is 1. The van der Waals surface area contributed by atoms with Gasteiger partial charge < -0.3 is 29.5 Å². The second kappa shape index (κ2) is 7.29. The number of phenols is 1. The molecule has 2 heterocycles. The molecule has 1 amide bonds. The third-order valence-electron chi connectivity index (χ3n) is 7.77. The van der Waals surface area contributed by atoms with Gasteiger partial charge in [-0.3, -0.25) is 0 Å². The smallest absolute Gasteiger partial charge is 0.408 e. The van der Waals surface area contributed by atoms with Crippen molar-refractivity contribution in [1.29, 1.82) is 0 Å². The highest BCUT2D eigenvalue weighted by Gasteiger charge is 2.66. The zero-order valence-corrected chi connectivity index (χ0v) is 18.2. The molecule has 2 aliphatic heterocycles. The maximum atomic E-state index is 12.6. The quantitative estimate of drug-likeness (QED) is 0.706. The van der Waals surface area contributed by atoms with Crippen LogP contribution in [-0.2, 0) is 26.1 Å². The molecule has 8 nitrogen and oxygen atoms in total. The number of rotatable bonds is 4. The Bertz CT molecular complexity index is 920. The van der Waals surface area contributed by atoms with E-state index in [0.29, 0.717) is 24.1 Å². The highest BCUT2D eigenvalue weighted by Crippen LogP contribution is 2.63. The van der Waals surface area contributed by atoms with Gasteiger partial charge in [0.15, 0.2) is 11.5 Å². The first-order chi connectivity index (χ1) is 14.9. The molecular weight excluding hydrogens is 400 g/mol. The van der Waals surface area contributed by atoms with Gasteiger partial charge in [0.25, 0.3) is 0 Å². The van der Waals surface area contributed by atoms with E-state index >= 15 is 0 Å². The lowest BCUT2D eigenvalue weighted by molar-refractivity contribution is -0.145. The molecule has 0 radical (unpaired) electrons.